The first kappa shape index (κ1) is 32.8. The second kappa shape index (κ2) is 14.8. The molecular weight excluding hydrogens is 680 g/mol. The molecule has 12 nitrogen and oxygen atoms in total. The zero-order chi connectivity index (χ0) is 32.9. The number of rotatable bonds is 8. The maximum absolute atomic E-state index is 12.8. The van der Waals surface area contributed by atoms with Gasteiger partial charge in [-0.05, 0) is 53.7 Å². The Hall–Kier alpha value is -4.08. The highest BCUT2D eigenvalue weighted by Gasteiger charge is 2.23. The fourth-order valence-electron chi connectivity index (χ4n) is 5.68. The summed E-state index contributed by atoms with van der Waals surface area (Å²) in [6, 6.07) is 4.01. The van der Waals surface area contributed by atoms with Crippen molar-refractivity contribution in [3.05, 3.63) is 76.1 Å². The van der Waals surface area contributed by atoms with Gasteiger partial charge in [-0.25, -0.2) is 33.7 Å². The van der Waals surface area contributed by atoms with Gasteiger partial charge in [0, 0.05) is 49.8 Å². The van der Waals surface area contributed by atoms with Crippen LogP contribution in [-0.4, -0.2) is 80.2 Å². The number of alkyl halides is 2. The number of ether oxygens (including phenoxy) is 4. The van der Waals surface area contributed by atoms with E-state index in [-0.39, 0.29) is 18.0 Å². The number of Topliss-reactive ketones (excluding diaryl/α,β-unsaturated/α-hetero) is 1. The third-order valence-electron chi connectivity index (χ3n) is 8.04. The van der Waals surface area contributed by atoms with E-state index in [4.69, 9.17) is 18.9 Å². The molecule has 5 aromatic rings. The molecule has 47 heavy (non-hydrogen) atoms. The molecule has 2 saturated heterocycles. The van der Waals surface area contributed by atoms with Gasteiger partial charge < -0.3 is 23.3 Å². The van der Waals surface area contributed by atoms with Crippen LogP contribution < -0.4 is 9.47 Å². The summed E-state index contributed by atoms with van der Waals surface area (Å²) in [6.45, 7) is 3.00. The van der Waals surface area contributed by atoms with Gasteiger partial charge in [0.25, 0.3) is 18.2 Å². The van der Waals surface area contributed by atoms with Crippen molar-refractivity contribution in [3.63, 3.8) is 0 Å². The Morgan fingerprint density at radius 1 is 0.872 bits per heavy atom. The van der Waals surface area contributed by atoms with Crippen LogP contribution in [0, 0.1) is 0 Å². The molecule has 2 aliphatic rings. The zero-order valence-electron chi connectivity index (χ0n) is 25.9. The molecule has 7 heterocycles. The Bertz CT molecular complexity index is 1850. The minimum Gasteiger partial charge on any atom is -0.478 e. The van der Waals surface area contributed by atoms with Gasteiger partial charge in [-0.1, -0.05) is 6.07 Å². The van der Waals surface area contributed by atoms with Crippen LogP contribution >= 0.6 is 15.9 Å². The maximum atomic E-state index is 12.8. The number of ketones is 1. The molecule has 0 aromatic carbocycles. The van der Waals surface area contributed by atoms with Gasteiger partial charge in [-0.2, -0.15) is 0 Å². The predicted molar refractivity (Wildman–Crippen MR) is 170 cm³/mol. The van der Waals surface area contributed by atoms with E-state index in [1.54, 1.807) is 17.7 Å². The third-order valence-corrected chi connectivity index (χ3v) is 8.42. The number of hydrogen-bond acceptors (Lipinski definition) is 10. The first-order valence-corrected chi connectivity index (χ1v) is 16.1. The van der Waals surface area contributed by atoms with Crippen molar-refractivity contribution in [3.8, 4) is 11.8 Å². The molecule has 0 radical (unpaired) electrons. The number of aromatic nitrogens is 7. The van der Waals surface area contributed by atoms with Gasteiger partial charge in [0.15, 0.2) is 5.78 Å². The lowest BCUT2D eigenvalue weighted by Gasteiger charge is -2.19. The van der Waals surface area contributed by atoms with Crippen molar-refractivity contribution >= 4 is 33.0 Å². The summed E-state index contributed by atoms with van der Waals surface area (Å²) in [6.07, 6.45) is 8.89. The topological polar surface area (TPSA) is 127 Å². The van der Waals surface area contributed by atoms with Crippen molar-refractivity contribution in [1.82, 2.24) is 33.7 Å². The molecule has 7 rings (SSSR count). The molecule has 2 atom stereocenters. The van der Waals surface area contributed by atoms with Gasteiger partial charge in [0.2, 0.25) is 11.3 Å². The van der Waals surface area contributed by atoms with E-state index in [9.17, 15) is 13.6 Å². The number of nitrogens with zero attached hydrogens (tertiary/aromatic N) is 7. The minimum atomic E-state index is -2.73. The number of fused-ring (bicyclic) bond motifs is 2. The summed E-state index contributed by atoms with van der Waals surface area (Å²) in [4.78, 5) is 34.2. The molecular formula is C32H34BrF2N7O5. The summed E-state index contributed by atoms with van der Waals surface area (Å²) in [5, 5.41) is 0. The van der Waals surface area contributed by atoms with Crippen LogP contribution in [0.2, 0.25) is 0 Å². The summed E-state index contributed by atoms with van der Waals surface area (Å²) >= 11 is 3.36. The lowest BCUT2D eigenvalue weighted by Crippen LogP contribution is -2.15. The van der Waals surface area contributed by atoms with Crippen molar-refractivity contribution in [2.45, 2.75) is 50.4 Å². The zero-order valence-corrected chi connectivity index (χ0v) is 27.5. The van der Waals surface area contributed by atoms with E-state index >= 15 is 0 Å². The SMILES string of the molecule is COc1nc(Br)cn2cc(C3CCCOC3)nc12.COc1nc(CC(=O)c2cccc(C(F)F)n2)cn2cc(C3CCCOC3)nc12. The van der Waals surface area contributed by atoms with Crippen molar-refractivity contribution < 1.29 is 32.5 Å². The lowest BCUT2D eigenvalue weighted by molar-refractivity contribution is 0.0794. The molecule has 0 N–H and O–H groups in total. The van der Waals surface area contributed by atoms with Crippen molar-refractivity contribution in [2.75, 3.05) is 40.6 Å². The highest BCUT2D eigenvalue weighted by molar-refractivity contribution is 9.10. The maximum Gasteiger partial charge on any atom is 0.280 e. The first-order valence-electron chi connectivity index (χ1n) is 15.3. The van der Waals surface area contributed by atoms with E-state index in [0.29, 0.717) is 35.6 Å². The predicted octanol–water partition coefficient (Wildman–Crippen LogP) is 5.78. The van der Waals surface area contributed by atoms with Gasteiger partial charge in [-0.15, -0.1) is 0 Å². The highest BCUT2D eigenvalue weighted by atomic mass is 79.9. The average Bonchev–Trinajstić information content (AvgIpc) is 3.73. The van der Waals surface area contributed by atoms with Gasteiger partial charge in [0.1, 0.15) is 16.0 Å². The standard InChI is InChI=1S/C20H20F2N4O3.C12H14BrN3O2/c1-28-20-19-25-16(12-4-3-7-29-11-12)10-26(19)9-13(23-20)8-17(27)14-5-2-6-15(24-14)18(21)22;1-17-12-11-14-9(8-3-2-4-18-7-8)5-16(11)6-10(13)15-12/h2,5-6,9-10,12,18H,3-4,7-8,11H2,1H3;5-6,8H,2-4,7H2,1H3. The van der Waals surface area contributed by atoms with Crippen LogP contribution in [0.3, 0.4) is 0 Å². The number of methoxy groups -OCH3 is 2. The van der Waals surface area contributed by atoms with Crippen molar-refractivity contribution in [1.29, 1.82) is 0 Å². The largest absolute Gasteiger partial charge is 0.478 e. The van der Waals surface area contributed by atoms with Gasteiger partial charge >= 0.3 is 0 Å². The van der Waals surface area contributed by atoms with Crippen LogP contribution in [0.25, 0.3) is 11.3 Å². The number of pyridine rings is 1. The molecule has 2 aliphatic heterocycles. The summed E-state index contributed by atoms with van der Waals surface area (Å²) in [5.41, 5.74) is 3.24. The Balaban J connectivity index is 0.000000183. The summed E-state index contributed by atoms with van der Waals surface area (Å²) < 4.78 is 51.8. The second-order valence-electron chi connectivity index (χ2n) is 11.3. The molecule has 15 heteroatoms. The molecule has 0 spiro atoms. The fourth-order valence-corrected chi connectivity index (χ4v) is 6.06. The van der Waals surface area contributed by atoms with Crippen LogP contribution in [0.5, 0.6) is 11.8 Å². The summed E-state index contributed by atoms with van der Waals surface area (Å²) in [5.74, 6) is 1.02. The number of carbonyl (C=O) groups is 1. The van der Waals surface area contributed by atoms with Crippen LogP contribution in [0.1, 0.15) is 77.2 Å². The number of imidazole rings is 2. The molecule has 5 aromatic heterocycles. The monoisotopic (exact) mass is 713 g/mol. The molecule has 0 bridgehead atoms. The third kappa shape index (κ3) is 7.57. The first-order chi connectivity index (χ1) is 22.8. The molecule has 248 valence electrons. The molecule has 0 saturated carbocycles. The smallest absolute Gasteiger partial charge is 0.280 e. The second-order valence-corrected chi connectivity index (χ2v) is 12.1. The van der Waals surface area contributed by atoms with E-state index in [2.05, 4.69) is 40.8 Å². The van der Waals surface area contributed by atoms with Crippen LogP contribution in [0.15, 0.2) is 47.6 Å². The van der Waals surface area contributed by atoms with E-state index in [0.717, 1.165) is 67.1 Å². The van der Waals surface area contributed by atoms with E-state index < -0.39 is 17.9 Å². The van der Waals surface area contributed by atoms with Crippen LogP contribution in [-0.2, 0) is 15.9 Å². The van der Waals surface area contributed by atoms with E-state index in [1.165, 1.54) is 25.3 Å². The quantitative estimate of drug-likeness (QED) is 0.183. The Labute approximate surface area is 277 Å². The van der Waals surface area contributed by atoms with Crippen molar-refractivity contribution in [2.24, 2.45) is 0 Å². The summed E-state index contributed by atoms with van der Waals surface area (Å²) in [7, 11) is 3.09. The Morgan fingerprint density at radius 2 is 1.47 bits per heavy atom. The number of carbonyl (C=O) groups excluding carboxylic acids is 1. The average molecular weight is 715 g/mol. The van der Waals surface area contributed by atoms with Gasteiger partial charge in [-0.3, -0.25) is 9.20 Å². The number of halogens is 3. The van der Waals surface area contributed by atoms with E-state index in [1.807, 2.05) is 23.0 Å². The highest BCUT2D eigenvalue weighted by Crippen LogP contribution is 2.29. The lowest BCUT2D eigenvalue weighted by atomic mass is 9.99. The molecule has 2 fully saturated rings. The molecule has 0 aliphatic carbocycles. The minimum absolute atomic E-state index is 0.0191. The number of hydrogen-bond donors (Lipinski definition) is 0. The Kier molecular flexibility index (Phi) is 10.3. The molecule has 0 amide bonds. The Morgan fingerprint density at radius 3 is 2.02 bits per heavy atom. The fraction of sp³-hybridized carbons (Fsp3) is 0.438. The van der Waals surface area contributed by atoms with Gasteiger partial charge in [0.05, 0.1) is 50.9 Å². The van der Waals surface area contributed by atoms with Crippen LogP contribution in [0.4, 0.5) is 8.78 Å². The molecule has 2 unspecified atom stereocenters. The normalized spacial score (nSPS) is 18.3.